The number of hydrogen-bond donors (Lipinski definition) is 1. The number of hydrogen-bond acceptors (Lipinski definition) is 2. The molecule has 2 rings (SSSR count). The number of aromatic amines is 1. The molecular formula is C11H7BrF2N2O. The van der Waals surface area contributed by atoms with Crippen molar-refractivity contribution in [2.45, 2.75) is 6.43 Å². The molecule has 0 saturated heterocycles. The van der Waals surface area contributed by atoms with Crippen molar-refractivity contribution in [3.63, 3.8) is 0 Å². The van der Waals surface area contributed by atoms with Gasteiger partial charge in [0.1, 0.15) is 10.3 Å². The van der Waals surface area contributed by atoms with Crippen LogP contribution in [0.15, 0.2) is 39.7 Å². The van der Waals surface area contributed by atoms with Crippen LogP contribution in [0.4, 0.5) is 8.78 Å². The van der Waals surface area contributed by atoms with Crippen molar-refractivity contribution >= 4 is 15.9 Å². The van der Waals surface area contributed by atoms with Crippen molar-refractivity contribution in [2.24, 2.45) is 0 Å². The summed E-state index contributed by atoms with van der Waals surface area (Å²) in [7, 11) is 0. The van der Waals surface area contributed by atoms with E-state index in [0.29, 0.717) is 15.9 Å². The van der Waals surface area contributed by atoms with Crippen LogP contribution in [0.1, 0.15) is 12.0 Å². The average molecular weight is 301 g/mol. The number of aromatic nitrogens is 2. The highest BCUT2D eigenvalue weighted by molar-refractivity contribution is 9.10. The van der Waals surface area contributed by atoms with E-state index in [-0.39, 0.29) is 11.1 Å². The first kappa shape index (κ1) is 11.9. The number of benzene rings is 1. The van der Waals surface area contributed by atoms with Gasteiger partial charge >= 0.3 is 0 Å². The Labute approximate surface area is 104 Å². The molecule has 0 saturated carbocycles. The first-order chi connectivity index (χ1) is 8.08. The van der Waals surface area contributed by atoms with Gasteiger partial charge in [0, 0.05) is 17.3 Å². The summed E-state index contributed by atoms with van der Waals surface area (Å²) in [4.78, 5) is 17.9. The van der Waals surface area contributed by atoms with Gasteiger partial charge < -0.3 is 4.98 Å². The van der Waals surface area contributed by atoms with Gasteiger partial charge in [-0.05, 0) is 15.9 Å². The van der Waals surface area contributed by atoms with Crippen LogP contribution in [0.5, 0.6) is 0 Å². The lowest BCUT2D eigenvalue weighted by molar-refractivity contribution is 0.151. The zero-order valence-corrected chi connectivity index (χ0v) is 10.0. The molecule has 1 aromatic heterocycles. The minimum Gasteiger partial charge on any atom is -0.306 e. The lowest BCUT2D eigenvalue weighted by atomic mass is 10.1. The molecule has 6 heteroatoms. The summed E-state index contributed by atoms with van der Waals surface area (Å²) in [6.07, 6.45) is -1.13. The van der Waals surface area contributed by atoms with Gasteiger partial charge in [-0.3, -0.25) is 4.79 Å². The van der Waals surface area contributed by atoms with Crippen LogP contribution in [0.25, 0.3) is 11.4 Å². The Balaban J connectivity index is 2.40. The zero-order valence-electron chi connectivity index (χ0n) is 8.45. The summed E-state index contributed by atoms with van der Waals surface area (Å²) in [5.74, 6) is 0.346. The largest absolute Gasteiger partial charge is 0.306 e. The molecule has 0 radical (unpaired) electrons. The van der Waals surface area contributed by atoms with Crippen molar-refractivity contribution in [2.75, 3.05) is 0 Å². The lowest BCUT2D eigenvalue weighted by Crippen LogP contribution is -2.08. The minimum absolute atomic E-state index is 0.0618. The van der Waals surface area contributed by atoms with Gasteiger partial charge in [0.25, 0.3) is 12.0 Å². The molecule has 17 heavy (non-hydrogen) atoms. The Morgan fingerprint density at radius 1 is 1.24 bits per heavy atom. The maximum Gasteiger partial charge on any atom is 0.265 e. The number of halogens is 3. The van der Waals surface area contributed by atoms with E-state index in [0.717, 1.165) is 0 Å². The molecule has 0 amide bonds. The Kier molecular flexibility index (Phi) is 3.33. The van der Waals surface area contributed by atoms with E-state index < -0.39 is 6.43 Å². The highest BCUT2D eigenvalue weighted by Gasteiger charge is 2.07. The van der Waals surface area contributed by atoms with E-state index in [1.165, 1.54) is 30.5 Å². The fraction of sp³-hybridized carbons (Fsp3) is 0.0909. The quantitative estimate of drug-likeness (QED) is 0.926. The molecule has 3 nitrogen and oxygen atoms in total. The van der Waals surface area contributed by atoms with Crippen LogP contribution in [0.3, 0.4) is 0 Å². The Bertz CT molecular complexity index is 581. The molecule has 0 aliphatic heterocycles. The first-order valence-corrected chi connectivity index (χ1v) is 5.50. The summed E-state index contributed by atoms with van der Waals surface area (Å²) in [5, 5.41) is 0. The second-order valence-corrected chi connectivity index (χ2v) is 4.19. The van der Waals surface area contributed by atoms with Gasteiger partial charge in [-0.2, -0.15) is 0 Å². The van der Waals surface area contributed by atoms with Crippen LogP contribution in [-0.2, 0) is 0 Å². The van der Waals surface area contributed by atoms with Crippen LogP contribution < -0.4 is 5.56 Å². The van der Waals surface area contributed by atoms with Gasteiger partial charge in [-0.1, -0.05) is 24.3 Å². The topological polar surface area (TPSA) is 45.8 Å². The molecular weight excluding hydrogens is 294 g/mol. The molecule has 0 spiro atoms. The average Bonchev–Trinajstić information content (AvgIpc) is 2.33. The number of alkyl halides is 2. The molecule has 0 fully saturated rings. The summed E-state index contributed by atoms with van der Waals surface area (Å²) >= 11 is 3.03. The molecule has 0 aliphatic carbocycles. The number of H-pyrrole nitrogens is 1. The third-order valence-electron chi connectivity index (χ3n) is 2.19. The van der Waals surface area contributed by atoms with E-state index in [4.69, 9.17) is 0 Å². The van der Waals surface area contributed by atoms with Gasteiger partial charge in [0.05, 0.1) is 0 Å². The van der Waals surface area contributed by atoms with Crippen molar-refractivity contribution in [1.82, 2.24) is 9.97 Å². The van der Waals surface area contributed by atoms with E-state index in [2.05, 4.69) is 25.9 Å². The summed E-state index contributed by atoms with van der Waals surface area (Å²) < 4.78 is 25.0. The van der Waals surface area contributed by atoms with Gasteiger partial charge in [-0.15, -0.1) is 0 Å². The Morgan fingerprint density at radius 3 is 2.41 bits per heavy atom. The van der Waals surface area contributed by atoms with Crippen molar-refractivity contribution in [3.8, 4) is 11.4 Å². The fourth-order valence-electron chi connectivity index (χ4n) is 1.31. The van der Waals surface area contributed by atoms with Crippen LogP contribution in [0.2, 0.25) is 0 Å². The molecule has 0 unspecified atom stereocenters. The molecule has 2 aromatic rings. The summed E-state index contributed by atoms with van der Waals surface area (Å²) in [6.45, 7) is 0. The van der Waals surface area contributed by atoms with Gasteiger partial charge in [0.2, 0.25) is 0 Å². The monoisotopic (exact) mass is 300 g/mol. The molecule has 1 heterocycles. The van der Waals surface area contributed by atoms with Crippen molar-refractivity contribution in [3.05, 3.63) is 50.9 Å². The predicted molar refractivity (Wildman–Crippen MR) is 63.0 cm³/mol. The van der Waals surface area contributed by atoms with Gasteiger partial charge in [-0.25, -0.2) is 13.8 Å². The van der Waals surface area contributed by atoms with Crippen molar-refractivity contribution < 1.29 is 8.78 Å². The van der Waals surface area contributed by atoms with Crippen LogP contribution >= 0.6 is 15.9 Å². The second-order valence-electron chi connectivity index (χ2n) is 3.33. The fourth-order valence-corrected chi connectivity index (χ4v) is 1.51. The van der Waals surface area contributed by atoms with E-state index >= 15 is 0 Å². The van der Waals surface area contributed by atoms with Crippen LogP contribution in [0, 0.1) is 0 Å². The first-order valence-electron chi connectivity index (χ1n) is 4.71. The molecule has 0 bridgehead atoms. The van der Waals surface area contributed by atoms with Gasteiger partial charge in [0.15, 0.2) is 0 Å². The highest BCUT2D eigenvalue weighted by Crippen LogP contribution is 2.21. The Morgan fingerprint density at radius 2 is 1.88 bits per heavy atom. The summed E-state index contributed by atoms with van der Waals surface area (Å²) in [5.41, 5.74) is 0.208. The van der Waals surface area contributed by atoms with Crippen molar-refractivity contribution in [1.29, 1.82) is 0 Å². The number of nitrogens with one attached hydrogen (secondary N) is 1. The van der Waals surface area contributed by atoms with E-state index in [1.54, 1.807) is 0 Å². The highest BCUT2D eigenvalue weighted by atomic mass is 79.9. The third kappa shape index (κ3) is 2.58. The predicted octanol–water partition coefficient (Wildman–Crippen LogP) is 3.14. The minimum atomic E-state index is -2.50. The maximum absolute atomic E-state index is 12.3. The van der Waals surface area contributed by atoms with Crippen LogP contribution in [-0.4, -0.2) is 9.97 Å². The normalized spacial score (nSPS) is 10.8. The molecule has 0 atom stereocenters. The van der Waals surface area contributed by atoms with E-state index in [9.17, 15) is 13.6 Å². The standard InChI is InChI=1S/C11H7BrF2N2O/c12-8-5-15-10(16-11(8)17)7-3-1-6(2-4-7)9(13)14/h1-5,9H,(H,15,16,17). The SMILES string of the molecule is O=c1[nH]c(-c2ccc(C(F)F)cc2)ncc1Br. The summed E-state index contributed by atoms with van der Waals surface area (Å²) in [6, 6.07) is 5.60. The lowest BCUT2D eigenvalue weighted by Gasteiger charge is -2.03. The van der Waals surface area contributed by atoms with E-state index in [1.807, 2.05) is 0 Å². The third-order valence-corrected chi connectivity index (χ3v) is 2.76. The second kappa shape index (κ2) is 4.75. The number of nitrogens with zero attached hydrogens (tertiary/aromatic N) is 1. The molecule has 88 valence electrons. The Hall–Kier alpha value is -1.56. The number of rotatable bonds is 2. The molecule has 0 aliphatic rings. The maximum atomic E-state index is 12.3. The molecule has 1 aromatic carbocycles. The molecule has 1 N–H and O–H groups in total. The smallest absolute Gasteiger partial charge is 0.265 e. The zero-order chi connectivity index (χ0) is 12.4.